The van der Waals surface area contributed by atoms with Gasteiger partial charge in [-0.15, -0.1) is 0 Å². The van der Waals surface area contributed by atoms with Crippen LogP contribution in [0, 0.1) is 30.3 Å². The number of nitrogens with two attached hydrogens (primary N) is 1. The van der Waals surface area contributed by atoms with Crippen LogP contribution < -0.4 is 16.6 Å². The predicted molar refractivity (Wildman–Crippen MR) is 58.3 cm³/mol. The summed E-state index contributed by atoms with van der Waals surface area (Å²) in [4.78, 5) is 36.6. The molecule has 0 aromatic heterocycles. The fourth-order valence-corrected chi connectivity index (χ4v) is 0.961. The Morgan fingerprint density at radius 1 is 1.00 bits per heavy atom. The van der Waals surface area contributed by atoms with Gasteiger partial charge < -0.3 is 10.8 Å². The van der Waals surface area contributed by atoms with Crippen molar-refractivity contribution < 1.29 is 30.4 Å². The minimum absolute atomic E-state index is 0.384. The number of rotatable bonds is 3. The van der Waals surface area contributed by atoms with E-state index in [1.807, 2.05) is 0 Å². The lowest BCUT2D eigenvalue weighted by molar-refractivity contribution is -0.420. The number of amides is 2. The van der Waals surface area contributed by atoms with E-state index in [0.717, 1.165) is 0 Å². The first-order valence-electron chi connectivity index (χ1n) is 4.47. The van der Waals surface area contributed by atoms with Crippen molar-refractivity contribution in [2.75, 3.05) is 0 Å². The van der Waals surface area contributed by atoms with Crippen LogP contribution in [-0.4, -0.2) is 20.8 Å². The second-order valence-corrected chi connectivity index (χ2v) is 3.05. The zero-order valence-electron chi connectivity index (χ0n) is 9.55. The van der Waals surface area contributed by atoms with Crippen molar-refractivity contribution in [1.29, 1.82) is 0 Å². The third-order valence-electron chi connectivity index (χ3n) is 1.64. The van der Waals surface area contributed by atoms with E-state index in [1.54, 1.807) is 0 Å². The number of non-ortho nitro benzene ring substituents is 1. The van der Waals surface area contributed by atoms with Crippen LogP contribution >= 0.6 is 0 Å². The van der Waals surface area contributed by atoms with Crippen molar-refractivity contribution in [2.45, 2.75) is 0 Å². The van der Waals surface area contributed by atoms with Crippen LogP contribution in [0.1, 0.15) is 0 Å². The minimum atomic E-state index is -1.46. The largest absolute Gasteiger partial charge is 0.863 e. The molecular formula is C7H7N5O8. The Balaban J connectivity index is 0.000000796. The molecule has 1 aromatic carbocycles. The highest BCUT2D eigenvalue weighted by molar-refractivity contribution is 5.64. The molecule has 0 radical (unpaired) electrons. The molecule has 0 heterocycles. The first-order chi connectivity index (χ1) is 9.07. The zero-order chi connectivity index (χ0) is 16.0. The number of quaternary nitrogens is 1. The highest BCUT2D eigenvalue weighted by Gasteiger charge is 2.24. The van der Waals surface area contributed by atoms with Gasteiger partial charge in [-0.3, -0.25) is 36.1 Å². The van der Waals surface area contributed by atoms with Crippen LogP contribution in [0.5, 0.6) is 5.75 Å². The summed E-state index contributed by atoms with van der Waals surface area (Å²) >= 11 is 0. The van der Waals surface area contributed by atoms with Gasteiger partial charge in [0.25, 0.3) is 17.1 Å². The summed E-state index contributed by atoms with van der Waals surface area (Å²) in [6.45, 7) is 0. The second kappa shape index (κ2) is 6.55. The second-order valence-electron chi connectivity index (χ2n) is 3.05. The zero-order valence-corrected chi connectivity index (χ0v) is 9.55. The van der Waals surface area contributed by atoms with Gasteiger partial charge in [0, 0.05) is 0 Å². The van der Waals surface area contributed by atoms with Crippen molar-refractivity contribution in [3.8, 4) is 5.75 Å². The lowest BCUT2D eigenvalue weighted by atomic mass is 10.2. The third-order valence-corrected chi connectivity index (χ3v) is 1.64. The number of nitro groups is 3. The molecule has 13 nitrogen and oxygen atoms in total. The van der Waals surface area contributed by atoms with Gasteiger partial charge in [-0.05, 0) is 0 Å². The number of nitro benzene ring substituents is 3. The normalized spacial score (nSPS) is 9.05. The number of hydrogen-bond donors (Lipinski definition) is 2. The molecule has 1 rings (SSSR count). The molecule has 108 valence electrons. The minimum Gasteiger partial charge on any atom is -0.863 e. The van der Waals surface area contributed by atoms with Crippen LogP contribution in [-0.2, 0) is 0 Å². The first-order valence-corrected chi connectivity index (χ1v) is 4.47. The average Bonchev–Trinajstić information content (AvgIpc) is 2.27. The Hall–Kier alpha value is -3.35. The average molecular weight is 289 g/mol. The molecule has 0 spiro atoms. The summed E-state index contributed by atoms with van der Waals surface area (Å²) in [5.41, 5.74) is 3.87. The maximum Gasteiger partial charge on any atom is 0.409 e. The van der Waals surface area contributed by atoms with E-state index in [-0.39, 0.29) is 0 Å². The number of benzene rings is 1. The molecule has 0 bridgehead atoms. The van der Waals surface area contributed by atoms with E-state index in [1.165, 1.54) is 0 Å². The van der Waals surface area contributed by atoms with Gasteiger partial charge in [0.2, 0.25) is 0 Å². The Morgan fingerprint density at radius 2 is 1.30 bits per heavy atom. The molecule has 0 aliphatic carbocycles. The lowest BCUT2D eigenvalue weighted by Crippen LogP contribution is -2.60. The number of carbonyl (C=O) groups is 1. The number of hydrogen-bond acceptors (Lipinski definition) is 8. The molecule has 5 N–H and O–H groups in total. The quantitative estimate of drug-likeness (QED) is 0.505. The summed E-state index contributed by atoms with van der Waals surface area (Å²) in [6, 6.07) is 0.185. The maximum absolute atomic E-state index is 11.1. The molecule has 20 heavy (non-hydrogen) atoms. The fourth-order valence-electron chi connectivity index (χ4n) is 0.961. The lowest BCUT2D eigenvalue weighted by Gasteiger charge is -2.06. The van der Waals surface area contributed by atoms with Crippen molar-refractivity contribution >= 4 is 23.1 Å². The van der Waals surface area contributed by atoms with Crippen LogP contribution in [0.15, 0.2) is 12.1 Å². The van der Waals surface area contributed by atoms with Crippen LogP contribution in [0.2, 0.25) is 0 Å². The van der Waals surface area contributed by atoms with Gasteiger partial charge in [-0.1, -0.05) is 0 Å². The Bertz CT molecular complexity index is 546. The summed E-state index contributed by atoms with van der Waals surface area (Å²) in [7, 11) is 0. The smallest absolute Gasteiger partial charge is 0.409 e. The SMILES string of the molecule is NC([NH3+])=O.O=[N+]([O-])c1cc([N+](=O)[O-])c([O-])c([N+](=O)[O-])c1. The molecule has 0 atom stereocenters. The summed E-state index contributed by atoms with van der Waals surface area (Å²) in [6.07, 6.45) is 0. The van der Waals surface area contributed by atoms with E-state index in [2.05, 4.69) is 11.5 Å². The topological polar surface area (TPSA) is 223 Å². The van der Waals surface area contributed by atoms with Crippen LogP contribution in [0.4, 0.5) is 21.9 Å². The molecular weight excluding hydrogens is 282 g/mol. The van der Waals surface area contributed by atoms with E-state index in [0.29, 0.717) is 12.1 Å². The Kier molecular flexibility index (Phi) is 5.45. The summed E-state index contributed by atoms with van der Waals surface area (Å²) in [5, 5.41) is 42.1. The molecule has 13 heteroatoms. The number of urea groups is 1. The molecule has 0 saturated heterocycles. The highest BCUT2D eigenvalue weighted by atomic mass is 16.6. The summed E-state index contributed by atoms with van der Waals surface area (Å²) < 4.78 is 0. The van der Waals surface area contributed by atoms with Gasteiger partial charge in [0.1, 0.15) is 0 Å². The maximum atomic E-state index is 11.1. The molecule has 2 amide bonds. The molecule has 0 unspecified atom stereocenters. The van der Waals surface area contributed by atoms with Gasteiger partial charge in [-0.25, -0.2) is 4.79 Å². The first kappa shape index (κ1) is 16.6. The monoisotopic (exact) mass is 289 g/mol. The van der Waals surface area contributed by atoms with Crippen molar-refractivity contribution in [2.24, 2.45) is 5.73 Å². The van der Waals surface area contributed by atoms with Crippen molar-refractivity contribution in [1.82, 2.24) is 0 Å². The van der Waals surface area contributed by atoms with Crippen molar-refractivity contribution in [3.63, 3.8) is 0 Å². The molecule has 1 aromatic rings. The van der Waals surface area contributed by atoms with E-state index in [4.69, 9.17) is 4.79 Å². The summed E-state index contributed by atoms with van der Waals surface area (Å²) in [5.74, 6) is -1.46. The van der Waals surface area contributed by atoms with Gasteiger partial charge in [0.05, 0.1) is 32.7 Å². The van der Waals surface area contributed by atoms with Crippen molar-refractivity contribution in [3.05, 3.63) is 42.5 Å². The standard InChI is InChI=1S/C6H3N3O7.CH4N2O/c10-6-4(8(13)14)1-3(7(11)12)2-5(6)9(15)16;2-1(3)4/h1-2,10H;(H4,2,3,4). The molecule has 0 aliphatic heterocycles. The highest BCUT2D eigenvalue weighted by Crippen LogP contribution is 2.36. The van der Waals surface area contributed by atoms with Crippen LogP contribution in [0.3, 0.4) is 0 Å². The molecule has 0 saturated carbocycles. The van der Waals surface area contributed by atoms with Gasteiger partial charge in [0.15, 0.2) is 0 Å². The predicted octanol–water partition coefficient (Wildman–Crippen LogP) is -1.21. The third kappa shape index (κ3) is 4.49. The Morgan fingerprint density at radius 3 is 1.50 bits per heavy atom. The Labute approximate surface area is 108 Å². The fraction of sp³-hybridized carbons (Fsp3) is 0. The van der Waals surface area contributed by atoms with Crippen LogP contribution in [0.25, 0.3) is 0 Å². The number of primary amides is 1. The van der Waals surface area contributed by atoms with E-state index in [9.17, 15) is 35.4 Å². The van der Waals surface area contributed by atoms with E-state index < -0.39 is 43.6 Å². The van der Waals surface area contributed by atoms with Gasteiger partial charge >= 0.3 is 6.03 Å². The number of carbonyl (C=O) groups excluding carboxylic acids is 1. The van der Waals surface area contributed by atoms with Gasteiger partial charge in [-0.2, -0.15) is 0 Å². The number of nitrogens with zero attached hydrogens (tertiary/aromatic N) is 3. The van der Waals surface area contributed by atoms with E-state index >= 15 is 0 Å². The molecule has 0 fully saturated rings. The molecule has 0 aliphatic rings.